The number of aromatic amines is 1. The van der Waals surface area contributed by atoms with E-state index in [9.17, 15) is 0 Å². The molecule has 3 rings (SSSR count). The Bertz CT molecular complexity index is 548. The fourth-order valence-corrected chi connectivity index (χ4v) is 2.64. The highest BCUT2D eigenvalue weighted by molar-refractivity contribution is 5.84. The fraction of sp³-hybridized carbons (Fsp3) is 0.545. The van der Waals surface area contributed by atoms with Gasteiger partial charge in [0.2, 0.25) is 5.95 Å². The number of nitrogen functional groups attached to an aromatic ring is 1. The minimum atomic E-state index is 0.284. The van der Waals surface area contributed by atoms with Gasteiger partial charge < -0.3 is 15.6 Å². The first kappa shape index (κ1) is 10.3. The lowest BCUT2D eigenvalue weighted by Gasteiger charge is -2.22. The van der Waals surface area contributed by atoms with Crippen molar-refractivity contribution in [2.45, 2.75) is 26.3 Å². The van der Waals surface area contributed by atoms with E-state index in [4.69, 9.17) is 5.73 Å². The molecule has 6 nitrogen and oxygen atoms in total. The maximum atomic E-state index is 5.73. The molecule has 1 aliphatic rings. The smallest absolute Gasteiger partial charge is 0.224 e. The van der Waals surface area contributed by atoms with Gasteiger partial charge in [-0.05, 0) is 19.3 Å². The molecule has 0 radical (unpaired) electrons. The highest BCUT2D eigenvalue weighted by Crippen LogP contribution is 2.31. The van der Waals surface area contributed by atoms with E-state index < -0.39 is 0 Å². The largest absolute Gasteiger partial charge is 0.368 e. The first-order chi connectivity index (χ1) is 8.15. The van der Waals surface area contributed by atoms with Crippen molar-refractivity contribution in [3.8, 4) is 0 Å². The molecule has 0 spiro atoms. The van der Waals surface area contributed by atoms with E-state index in [0.29, 0.717) is 17.6 Å². The van der Waals surface area contributed by atoms with Crippen molar-refractivity contribution in [3.05, 3.63) is 6.33 Å². The molecular formula is C11H16N6. The van der Waals surface area contributed by atoms with Crippen LogP contribution in [0.2, 0.25) is 0 Å². The Morgan fingerprint density at radius 3 is 2.94 bits per heavy atom. The highest BCUT2D eigenvalue weighted by Gasteiger charge is 2.29. The summed E-state index contributed by atoms with van der Waals surface area (Å²) in [4.78, 5) is 18.0. The molecule has 3 heterocycles. The van der Waals surface area contributed by atoms with Crippen molar-refractivity contribution >= 4 is 22.9 Å². The van der Waals surface area contributed by atoms with Gasteiger partial charge >= 0.3 is 0 Å². The summed E-state index contributed by atoms with van der Waals surface area (Å²) in [6.07, 6.45) is 2.81. The van der Waals surface area contributed by atoms with E-state index >= 15 is 0 Å². The number of rotatable bonds is 1. The van der Waals surface area contributed by atoms with Crippen LogP contribution >= 0.6 is 0 Å². The molecule has 90 valence electrons. The molecular weight excluding hydrogens is 216 g/mol. The molecule has 2 aromatic heterocycles. The fourth-order valence-electron chi connectivity index (χ4n) is 2.64. The molecule has 3 N–H and O–H groups in total. The normalized spacial score (nSPS) is 24.7. The Morgan fingerprint density at radius 1 is 1.41 bits per heavy atom. The molecule has 2 unspecified atom stereocenters. The van der Waals surface area contributed by atoms with Crippen molar-refractivity contribution in [2.75, 3.05) is 17.2 Å². The second kappa shape index (κ2) is 3.58. The Balaban J connectivity index is 2.13. The molecule has 6 heteroatoms. The third kappa shape index (κ3) is 1.60. The van der Waals surface area contributed by atoms with Crippen molar-refractivity contribution in [2.24, 2.45) is 5.92 Å². The SMILES string of the molecule is CC1CC(C)N(c2nc(N)nc3nc[nH]c23)C1. The van der Waals surface area contributed by atoms with Gasteiger partial charge in [0.15, 0.2) is 11.5 Å². The monoisotopic (exact) mass is 232 g/mol. The van der Waals surface area contributed by atoms with Gasteiger partial charge in [0.05, 0.1) is 6.33 Å². The van der Waals surface area contributed by atoms with Crippen LogP contribution in [-0.2, 0) is 0 Å². The molecule has 0 aromatic carbocycles. The van der Waals surface area contributed by atoms with Gasteiger partial charge in [-0.25, -0.2) is 4.98 Å². The third-order valence-electron chi connectivity index (χ3n) is 3.34. The maximum Gasteiger partial charge on any atom is 0.224 e. The molecule has 1 aliphatic heterocycles. The maximum absolute atomic E-state index is 5.73. The number of H-pyrrole nitrogens is 1. The van der Waals surface area contributed by atoms with Gasteiger partial charge in [-0.1, -0.05) is 6.92 Å². The number of anilines is 2. The second-order valence-corrected chi connectivity index (χ2v) is 4.85. The Kier molecular flexibility index (Phi) is 2.17. The van der Waals surface area contributed by atoms with Gasteiger partial charge in [0, 0.05) is 12.6 Å². The van der Waals surface area contributed by atoms with Crippen LogP contribution in [0.25, 0.3) is 11.2 Å². The van der Waals surface area contributed by atoms with E-state index in [2.05, 4.69) is 38.7 Å². The van der Waals surface area contributed by atoms with Crippen LogP contribution in [0.4, 0.5) is 11.8 Å². The van der Waals surface area contributed by atoms with Crippen LogP contribution in [0.1, 0.15) is 20.3 Å². The minimum Gasteiger partial charge on any atom is -0.368 e. The van der Waals surface area contributed by atoms with E-state index in [0.717, 1.165) is 17.9 Å². The summed E-state index contributed by atoms with van der Waals surface area (Å²) >= 11 is 0. The summed E-state index contributed by atoms with van der Waals surface area (Å²) in [6.45, 7) is 5.47. The zero-order valence-electron chi connectivity index (χ0n) is 10.0. The topological polar surface area (TPSA) is 83.7 Å². The summed E-state index contributed by atoms with van der Waals surface area (Å²) in [7, 11) is 0. The van der Waals surface area contributed by atoms with Crippen LogP contribution in [0, 0.1) is 5.92 Å². The zero-order valence-corrected chi connectivity index (χ0v) is 10.0. The van der Waals surface area contributed by atoms with E-state index in [-0.39, 0.29) is 5.95 Å². The molecule has 0 amide bonds. The molecule has 1 fully saturated rings. The summed E-state index contributed by atoms with van der Waals surface area (Å²) < 4.78 is 0. The van der Waals surface area contributed by atoms with Crippen LogP contribution in [0.15, 0.2) is 6.33 Å². The van der Waals surface area contributed by atoms with Crippen LogP contribution in [0.3, 0.4) is 0 Å². The standard InChI is InChI=1S/C11H16N6/c1-6-3-7(2)17(4-6)10-8-9(14-5-13-8)15-11(12)16-10/h5-7H,3-4H2,1-2H3,(H3,12,13,14,15,16). The van der Waals surface area contributed by atoms with Crippen LogP contribution in [-0.4, -0.2) is 32.5 Å². The van der Waals surface area contributed by atoms with E-state index in [1.54, 1.807) is 6.33 Å². The summed E-state index contributed by atoms with van der Waals surface area (Å²) in [5, 5.41) is 0. The number of imidazole rings is 1. The van der Waals surface area contributed by atoms with Gasteiger partial charge in [-0.3, -0.25) is 0 Å². The number of nitrogens with two attached hydrogens (primary N) is 1. The van der Waals surface area contributed by atoms with Crippen LogP contribution < -0.4 is 10.6 Å². The number of fused-ring (bicyclic) bond motifs is 1. The quantitative estimate of drug-likeness (QED) is 0.771. The van der Waals surface area contributed by atoms with Crippen molar-refractivity contribution in [1.82, 2.24) is 19.9 Å². The molecule has 17 heavy (non-hydrogen) atoms. The molecule has 2 atom stereocenters. The predicted molar refractivity (Wildman–Crippen MR) is 66.7 cm³/mol. The third-order valence-corrected chi connectivity index (χ3v) is 3.34. The molecule has 2 aromatic rings. The van der Waals surface area contributed by atoms with Gasteiger partial charge in [-0.2, -0.15) is 9.97 Å². The Morgan fingerprint density at radius 2 is 2.24 bits per heavy atom. The van der Waals surface area contributed by atoms with Gasteiger partial charge in [0.1, 0.15) is 5.52 Å². The van der Waals surface area contributed by atoms with E-state index in [1.807, 2.05) is 0 Å². The summed E-state index contributed by atoms with van der Waals surface area (Å²) in [5.41, 5.74) is 7.24. The van der Waals surface area contributed by atoms with E-state index in [1.165, 1.54) is 6.42 Å². The molecule has 1 saturated heterocycles. The number of nitrogens with zero attached hydrogens (tertiary/aromatic N) is 4. The average Bonchev–Trinajstić information content (AvgIpc) is 2.83. The Labute approximate surface area is 99.3 Å². The first-order valence-corrected chi connectivity index (χ1v) is 5.88. The lowest BCUT2D eigenvalue weighted by molar-refractivity contribution is 0.625. The molecule has 0 saturated carbocycles. The minimum absolute atomic E-state index is 0.284. The number of aromatic nitrogens is 4. The van der Waals surface area contributed by atoms with Crippen molar-refractivity contribution in [3.63, 3.8) is 0 Å². The zero-order chi connectivity index (χ0) is 12.0. The lowest BCUT2D eigenvalue weighted by atomic mass is 10.1. The highest BCUT2D eigenvalue weighted by atomic mass is 15.3. The molecule has 0 aliphatic carbocycles. The van der Waals surface area contributed by atoms with Crippen LogP contribution in [0.5, 0.6) is 0 Å². The average molecular weight is 232 g/mol. The number of hydrogen-bond donors (Lipinski definition) is 2. The second-order valence-electron chi connectivity index (χ2n) is 4.85. The number of hydrogen-bond acceptors (Lipinski definition) is 5. The first-order valence-electron chi connectivity index (χ1n) is 5.88. The van der Waals surface area contributed by atoms with Gasteiger partial charge in [0.25, 0.3) is 0 Å². The summed E-state index contributed by atoms with van der Waals surface area (Å²) in [6, 6.07) is 0.478. The van der Waals surface area contributed by atoms with Crippen molar-refractivity contribution < 1.29 is 0 Å². The predicted octanol–water partition coefficient (Wildman–Crippen LogP) is 1.17. The summed E-state index contributed by atoms with van der Waals surface area (Å²) in [5.74, 6) is 1.84. The lowest BCUT2D eigenvalue weighted by Crippen LogP contribution is -2.28. The van der Waals surface area contributed by atoms with Gasteiger partial charge in [-0.15, -0.1) is 0 Å². The van der Waals surface area contributed by atoms with Crippen molar-refractivity contribution in [1.29, 1.82) is 0 Å². The number of nitrogens with one attached hydrogen (secondary N) is 1. The Hall–Kier alpha value is -1.85. The molecule has 0 bridgehead atoms.